The second-order valence-electron chi connectivity index (χ2n) is 9.41. The van der Waals surface area contributed by atoms with Gasteiger partial charge in [0, 0.05) is 45.9 Å². The number of hydrogen-bond donors (Lipinski definition) is 2. The molecule has 1 aliphatic rings. The fourth-order valence-electron chi connectivity index (χ4n) is 4.72. The van der Waals surface area contributed by atoms with Crippen molar-refractivity contribution in [1.29, 1.82) is 0 Å². The molecule has 0 saturated carbocycles. The number of carbonyl (C=O) groups excluding carboxylic acids is 1. The van der Waals surface area contributed by atoms with Crippen LogP contribution in [0.15, 0.2) is 24.3 Å². The summed E-state index contributed by atoms with van der Waals surface area (Å²) in [6, 6.07) is 8.02. The van der Waals surface area contributed by atoms with Gasteiger partial charge in [-0.3, -0.25) is 4.79 Å². The van der Waals surface area contributed by atoms with Crippen molar-refractivity contribution in [2.75, 3.05) is 33.4 Å². The standard InChI is InChI=1S/C25H40N4O3/c1-5-23(30)19-14-20(16-26-15-19)29(17-18(2)3)25(31)24-27-21-10-6-7-11-22(21)28(24)12-8-9-13-32-4/h6-7,10-11,18-20,23,26,30H,5,8-9,12-17H2,1-4H3/t19-,20?,23+/m1/s1. The fraction of sp³-hybridized carbons (Fsp3) is 0.680. The maximum absolute atomic E-state index is 13.9. The SMILES string of the molecule is CC[C@H](O)[C@H]1CNCC(N(CC(C)C)C(=O)c2nc3ccccc3n2CCCCOC)C1. The van der Waals surface area contributed by atoms with Crippen LogP contribution < -0.4 is 5.32 Å². The van der Waals surface area contributed by atoms with Gasteiger partial charge in [-0.2, -0.15) is 0 Å². The number of amides is 1. The number of hydrogen-bond acceptors (Lipinski definition) is 5. The second-order valence-corrected chi connectivity index (χ2v) is 9.41. The van der Waals surface area contributed by atoms with Gasteiger partial charge in [0.2, 0.25) is 0 Å². The van der Waals surface area contributed by atoms with Crippen LogP contribution in [-0.2, 0) is 11.3 Å². The number of fused-ring (bicyclic) bond motifs is 1. The molecule has 3 atom stereocenters. The molecule has 178 valence electrons. The van der Waals surface area contributed by atoms with Crippen LogP contribution in [0.25, 0.3) is 11.0 Å². The molecule has 0 radical (unpaired) electrons. The van der Waals surface area contributed by atoms with Crippen LogP contribution in [-0.4, -0.2) is 71.0 Å². The molecule has 7 nitrogen and oxygen atoms in total. The third-order valence-corrected chi connectivity index (χ3v) is 6.41. The van der Waals surface area contributed by atoms with E-state index >= 15 is 0 Å². The van der Waals surface area contributed by atoms with E-state index in [1.165, 1.54) is 0 Å². The highest BCUT2D eigenvalue weighted by Gasteiger charge is 2.34. The lowest BCUT2D eigenvalue weighted by Crippen LogP contribution is -2.54. The van der Waals surface area contributed by atoms with Gasteiger partial charge >= 0.3 is 0 Å². The minimum absolute atomic E-state index is 0.0138. The largest absolute Gasteiger partial charge is 0.393 e. The molecule has 0 aliphatic carbocycles. The minimum atomic E-state index is -0.341. The number of aryl methyl sites for hydroxylation is 1. The van der Waals surface area contributed by atoms with Crippen molar-refractivity contribution in [3.8, 4) is 0 Å². The van der Waals surface area contributed by atoms with Crippen LogP contribution in [0.3, 0.4) is 0 Å². The van der Waals surface area contributed by atoms with Crippen molar-refractivity contribution in [2.24, 2.45) is 11.8 Å². The zero-order valence-corrected chi connectivity index (χ0v) is 20.1. The summed E-state index contributed by atoms with van der Waals surface area (Å²) in [6.45, 7) is 9.97. The number of unbranched alkanes of at least 4 members (excludes halogenated alkanes) is 1. The highest BCUT2D eigenvalue weighted by Crippen LogP contribution is 2.25. The second kappa shape index (κ2) is 11.8. The average Bonchev–Trinajstić information content (AvgIpc) is 3.18. The third-order valence-electron chi connectivity index (χ3n) is 6.41. The molecule has 1 aromatic heterocycles. The number of nitrogens with one attached hydrogen (secondary N) is 1. The Balaban J connectivity index is 1.90. The summed E-state index contributed by atoms with van der Waals surface area (Å²) >= 11 is 0. The molecular formula is C25H40N4O3. The smallest absolute Gasteiger partial charge is 0.290 e. The summed E-state index contributed by atoms with van der Waals surface area (Å²) in [5, 5.41) is 13.9. The number of methoxy groups -OCH3 is 1. The number of aliphatic hydroxyl groups is 1. The Morgan fingerprint density at radius 2 is 2.09 bits per heavy atom. The molecular weight excluding hydrogens is 404 g/mol. The highest BCUT2D eigenvalue weighted by atomic mass is 16.5. The summed E-state index contributed by atoms with van der Waals surface area (Å²) < 4.78 is 7.28. The molecule has 0 bridgehead atoms. The number of aliphatic hydroxyl groups excluding tert-OH is 1. The van der Waals surface area contributed by atoms with Gasteiger partial charge in [0.15, 0.2) is 5.82 Å². The monoisotopic (exact) mass is 444 g/mol. The predicted molar refractivity (Wildman–Crippen MR) is 128 cm³/mol. The van der Waals surface area contributed by atoms with E-state index in [0.29, 0.717) is 24.9 Å². The summed E-state index contributed by atoms with van der Waals surface area (Å²) in [5.41, 5.74) is 1.85. The molecule has 2 heterocycles. The fourth-order valence-corrected chi connectivity index (χ4v) is 4.72. The number of carbonyl (C=O) groups is 1. The Morgan fingerprint density at radius 3 is 2.81 bits per heavy atom. The van der Waals surface area contributed by atoms with Gasteiger partial charge in [-0.05, 0) is 49.7 Å². The molecule has 7 heteroatoms. The van der Waals surface area contributed by atoms with Crippen LogP contribution in [0.5, 0.6) is 0 Å². The zero-order valence-electron chi connectivity index (χ0n) is 20.1. The first-order valence-corrected chi connectivity index (χ1v) is 12.1. The number of benzene rings is 1. The Kier molecular flexibility index (Phi) is 9.08. The van der Waals surface area contributed by atoms with Crippen molar-refractivity contribution in [1.82, 2.24) is 19.8 Å². The first-order chi connectivity index (χ1) is 15.5. The molecule has 0 spiro atoms. The van der Waals surface area contributed by atoms with Crippen LogP contribution in [0, 0.1) is 11.8 Å². The van der Waals surface area contributed by atoms with Gasteiger partial charge in [-0.25, -0.2) is 4.98 Å². The molecule has 32 heavy (non-hydrogen) atoms. The number of aromatic nitrogens is 2. The number of nitrogens with zero attached hydrogens (tertiary/aromatic N) is 3. The van der Waals surface area contributed by atoms with E-state index in [1.54, 1.807) is 7.11 Å². The molecule has 2 aromatic rings. The van der Waals surface area contributed by atoms with Crippen LogP contribution in [0.4, 0.5) is 0 Å². The van der Waals surface area contributed by atoms with Crippen molar-refractivity contribution in [3.05, 3.63) is 30.1 Å². The quantitative estimate of drug-likeness (QED) is 0.520. The Labute approximate surface area is 192 Å². The minimum Gasteiger partial charge on any atom is -0.393 e. The highest BCUT2D eigenvalue weighted by molar-refractivity contribution is 5.95. The molecule has 1 amide bonds. The predicted octanol–water partition coefficient (Wildman–Crippen LogP) is 3.31. The van der Waals surface area contributed by atoms with Gasteiger partial charge in [0.25, 0.3) is 5.91 Å². The van der Waals surface area contributed by atoms with Crippen LogP contribution >= 0.6 is 0 Å². The van der Waals surface area contributed by atoms with Crippen LogP contribution in [0.1, 0.15) is 57.1 Å². The molecule has 3 rings (SSSR count). The Hall–Kier alpha value is -1.96. The van der Waals surface area contributed by atoms with Crippen molar-refractivity contribution < 1.29 is 14.6 Å². The molecule has 1 saturated heterocycles. The van der Waals surface area contributed by atoms with Gasteiger partial charge in [-0.15, -0.1) is 0 Å². The van der Waals surface area contributed by atoms with Gasteiger partial charge in [0.1, 0.15) is 0 Å². The van der Waals surface area contributed by atoms with E-state index < -0.39 is 0 Å². The Morgan fingerprint density at radius 1 is 1.31 bits per heavy atom. The molecule has 1 aliphatic heterocycles. The van der Waals surface area contributed by atoms with E-state index in [0.717, 1.165) is 56.4 Å². The first-order valence-electron chi connectivity index (χ1n) is 12.1. The molecule has 1 aromatic carbocycles. The topological polar surface area (TPSA) is 79.6 Å². The average molecular weight is 445 g/mol. The number of ether oxygens (including phenoxy) is 1. The number of para-hydroxylation sites is 2. The summed E-state index contributed by atoms with van der Waals surface area (Å²) in [5.74, 6) is 1.01. The number of rotatable bonds is 11. The molecule has 2 N–H and O–H groups in total. The first kappa shape index (κ1) is 24.7. The van der Waals surface area contributed by atoms with E-state index in [2.05, 4.69) is 23.7 Å². The van der Waals surface area contributed by atoms with E-state index in [4.69, 9.17) is 9.72 Å². The van der Waals surface area contributed by atoms with Gasteiger partial charge in [0.05, 0.1) is 17.1 Å². The third kappa shape index (κ3) is 5.88. The van der Waals surface area contributed by atoms with Gasteiger partial charge in [-0.1, -0.05) is 32.9 Å². The lowest BCUT2D eigenvalue weighted by molar-refractivity contribution is 0.0383. The summed E-state index contributed by atoms with van der Waals surface area (Å²) in [6.07, 6.45) is 3.07. The van der Waals surface area contributed by atoms with Gasteiger partial charge < -0.3 is 24.6 Å². The maximum atomic E-state index is 13.9. The lowest BCUT2D eigenvalue weighted by atomic mass is 9.88. The Bertz CT molecular complexity index is 866. The van der Waals surface area contributed by atoms with Crippen LogP contribution in [0.2, 0.25) is 0 Å². The van der Waals surface area contributed by atoms with E-state index in [-0.39, 0.29) is 24.0 Å². The van der Waals surface area contributed by atoms with Crippen molar-refractivity contribution >= 4 is 16.9 Å². The number of piperidine rings is 1. The van der Waals surface area contributed by atoms with Crippen molar-refractivity contribution in [2.45, 2.75) is 65.1 Å². The molecule has 1 fully saturated rings. The van der Waals surface area contributed by atoms with E-state index in [1.807, 2.05) is 36.1 Å². The molecule has 1 unspecified atom stereocenters. The maximum Gasteiger partial charge on any atom is 0.290 e. The lowest BCUT2D eigenvalue weighted by Gasteiger charge is -2.40. The zero-order chi connectivity index (χ0) is 23.1. The normalized spacial score (nSPS) is 20.1. The van der Waals surface area contributed by atoms with Crippen molar-refractivity contribution in [3.63, 3.8) is 0 Å². The summed E-state index contributed by atoms with van der Waals surface area (Å²) in [7, 11) is 1.71. The van der Waals surface area contributed by atoms with E-state index in [9.17, 15) is 9.90 Å². The summed E-state index contributed by atoms with van der Waals surface area (Å²) in [4.78, 5) is 20.7. The number of imidazole rings is 1.